The molecule has 2 nitrogen and oxygen atoms in total. The highest BCUT2D eigenvalue weighted by molar-refractivity contribution is 6.63. The molecule has 4 saturated carbocycles. The van der Waals surface area contributed by atoms with Gasteiger partial charge in [0.25, 0.3) is 0 Å². The van der Waals surface area contributed by atoms with Crippen LogP contribution < -0.4 is 0 Å². The lowest BCUT2D eigenvalue weighted by molar-refractivity contribution is -0.138. The monoisotopic (exact) mass is 288 g/mol. The number of carbonyl (C=O) groups is 2. The van der Waals surface area contributed by atoms with Crippen LogP contribution in [0.2, 0.25) is 0 Å². The molecule has 0 aromatic rings. The Hall–Kier alpha value is -0.0800. The van der Waals surface area contributed by atoms with E-state index in [2.05, 4.69) is 0 Å². The summed E-state index contributed by atoms with van der Waals surface area (Å²) < 4.78 is 0. The molecule has 0 radical (unpaired) electrons. The van der Waals surface area contributed by atoms with Gasteiger partial charge in [0.05, 0.1) is 0 Å². The maximum atomic E-state index is 11.3. The molecule has 0 atom stereocenters. The summed E-state index contributed by atoms with van der Waals surface area (Å²) in [6.45, 7) is 0. The zero-order valence-corrected chi connectivity index (χ0v) is 11.9. The normalized spacial score (nSPS) is 45.2. The van der Waals surface area contributed by atoms with E-state index in [1.807, 2.05) is 0 Å². The summed E-state index contributed by atoms with van der Waals surface area (Å²) in [6.07, 6.45) is 7.72. The molecule has 0 N–H and O–H groups in total. The lowest BCUT2D eigenvalue weighted by atomic mass is 9.43. The van der Waals surface area contributed by atoms with Crippen LogP contribution in [0.5, 0.6) is 0 Å². The molecular formula is C14H18Cl2O2. The Morgan fingerprint density at radius 2 is 1.28 bits per heavy atom. The van der Waals surface area contributed by atoms with Crippen molar-refractivity contribution < 1.29 is 9.59 Å². The molecule has 0 unspecified atom stereocenters. The molecule has 4 aliphatic carbocycles. The van der Waals surface area contributed by atoms with Crippen LogP contribution in [0.3, 0.4) is 0 Å². The molecule has 4 rings (SSSR count). The van der Waals surface area contributed by atoms with Gasteiger partial charge in [-0.1, -0.05) is 0 Å². The summed E-state index contributed by atoms with van der Waals surface area (Å²) in [4.78, 5) is 22.7. The zero-order valence-electron chi connectivity index (χ0n) is 10.4. The van der Waals surface area contributed by atoms with Crippen molar-refractivity contribution in [2.24, 2.45) is 22.7 Å². The average molecular weight is 289 g/mol. The fraction of sp³-hybridized carbons (Fsp3) is 0.857. The molecule has 0 heterocycles. The molecule has 0 amide bonds. The molecule has 4 aliphatic rings. The first kappa shape index (κ1) is 12.9. The maximum absolute atomic E-state index is 11.3. The van der Waals surface area contributed by atoms with Crippen LogP contribution in [0.1, 0.15) is 51.4 Å². The minimum Gasteiger partial charge on any atom is -0.281 e. The lowest BCUT2D eigenvalue weighted by Gasteiger charge is -2.62. The van der Waals surface area contributed by atoms with Gasteiger partial charge in [-0.05, 0) is 84.4 Å². The smallest absolute Gasteiger partial charge is 0.222 e. The van der Waals surface area contributed by atoms with E-state index in [1.54, 1.807) is 0 Å². The van der Waals surface area contributed by atoms with Crippen molar-refractivity contribution >= 4 is 33.7 Å². The molecule has 18 heavy (non-hydrogen) atoms. The highest BCUT2D eigenvalue weighted by Crippen LogP contribution is 2.67. The third-order valence-corrected chi connectivity index (χ3v) is 5.60. The van der Waals surface area contributed by atoms with Crippen LogP contribution in [-0.2, 0) is 9.59 Å². The Bertz CT molecular complexity index is 357. The Balaban J connectivity index is 1.87. The van der Waals surface area contributed by atoms with E-state index >= 15 is 0 Å². The summed E-state index contributed by atoms with van der Waals surface area (Å²) in [5.41, 5.74) is 0.157. The van der Waals surface area contributed by atoms with Crippen LogP contribution in [-0.4, -0.2) is 10.5 Å². The number of rotatable bonds is 4. The van der Waals surface area contributed by atoms with Crippen molar-refractivity contribution in [1.82, 2.24) is 0 Å². The highest BCUT2D eigenvalue weighted by atomic mass is 35.5. The second-order valence-electron chi connectivity index (χ2n) is 7.02. The fourth-order valence-corrected chi connectivity index (χ4v) is 6.22. The molecule has 4 bridgehead atoms. The van der Waals surface area contributed by atoms with E-state index < -0.39 is 0 Å². The quantitative estimate of drug-likeness (QED) is 0.736. The van der Waals surface area contributed by atoms with Crippen LogP contribution >= 0.6 is 23.2 Å². The maximum Gasteiger partial charge on any atom is 0.222 e. The lowest BCUT2D eigenvalue weighted by Crippen LogP contribution is -2.52. The van der Waals surface area contributed by atoms with Crippen molar-refractivity contribution in [1.29, 1.82) is 0 Å². The van der Waals surface area contributed by atoms with Gasteiger partial charge in [-0.25, -0.2) is 0 Å². The predicted octanol–water partition coefficient (Wildman–Crippen LogP) is 3.88. The molecule has 4 fully saturated rings. The standard InChI is InChI=1S/C14H18Cl2O2/c15-11(17)6-13-2-9-1-10(4-13)5-14(3-9,8-13)7-12(16)18/h9-10H,1-8H2. The van der Waals surface area contributed by atoms with E-state index in [1.165, 1.54) is 6.42 Å². The topological polar surface area (TPSA) is 34.1 Å². The van der Waals surface area contributed by atoms with Crippen molar-refractivity contribution in [2.75, 3.05) is 0 Å². The van der Waals surface area contributed by atoms with Gasteiger partial charge in [0.1, 0.15) is 0 Å². The summed E-state index contributed by atoms with van der Waals surface area (Å²) in [7, 11) is 0. The van der Waals surface area contributed by atoms with Gasteiger partial charge >= 0.3 is 0 Å². The average Bonchev–Trinajstić information content (AvgIpc) is 2.08. The van der Waals surface area contributed by atoms with Gasteiger partial charge in [0.15, 0.2) is 0 Å². The van der Waals surface area contributed by atoms with Crippen molar-refractivity contribution in [3.63, 3.8) is 0 Å². The minimum atomic E-state index is -0.218. The summed E-state index contributed by atoms with van der Waals surface area (Å²) >= 11 is 11.3. The van der Waals surface area contributed by atoms with Gasteiger partial charge in [-0.15, -0.1) is 0 Å². The first-order valence-electron chi connectivity index (χ1n) is 6.77. The minimum absolute atomic E-state index is 0.0786. The Kier molecular flexibility index (Phi) is 3.02. The van der Waals surface area contributed by atoms with Gasteiger partial charge in [-0.3, -0.25) is 9.59 Å². The van der Waals surface area contributed by atoms with Crippen molar-refractivity contribution in [2.45, 2.75) is 51.4 Å². The molecule has 0 aromatic heterocycles. The van der Waals surface area contributed by atoms with Crippen LogP contribution in [0.25, 0.3) is 0 Å². The van der Waals surface area contributed by atoms with Crippen LogP contribution in [0.4, 0.5) is 0 Å². The first-order chi connectivity index (χ1) is 8.40. The summed E-state index contributed by atoms with van der Waals surface area (Å²) in [5, 5.41) is -0.436. The van der Waals surface area contributed by atoms with Gasteiger partial charge in [0.2, 0.25) is 10.5 Å². The molecule has 0 aliphatic heterocycles. The Morgan fingerprint density at radius 3 is 1.61 bits per heavy atom. The van der Waals surface area contributed by atoms with Crippen molar-refractivity contribution in [3.05, 3.63) is 0 Å². The predicted molar refractivity (Wildman–Crippen MR) is 70.5 cm³/mol. The summed E-state index contributed by atoms with van der Waals surface area (Å²) in [5.74, 6) is 1.36. The molecule has 0 spiro atoms. The van der Waals surface area contributed by atoms with E-state index in [4.69, 9.17) is 23.2 Å². The largest absolute Gasteiger partial charge is 0.281 e. The van der Waals surface area contributed by atoms with Gasteiger partial charge in [-0.2, -0.15) is 0 Å². The van der Waals surface area contributed by atoms with Crippen molar-refractivity contribution in [3.8, 4) is 0 Å². The van der Waals surface area contributed by atoms with Gasteiger partial charge < -0.3 is 0 Å². The molecule has 0 saturated heterocycles. The number of hydrogen-bond donors (Lipinski definition) is 0. The number of halogens is 2. The zero-order chi connectivity index (χ0) is 13.0. The summed E-state index contributed by atoms with van der Waals surface area (Å²) in [6, 6.07) is 0. The van der Waals surface area contributed by atoms with Crippen LogP contribution in [0.15, 0.2) is 0 Å². The highest BCUT2D eigenvalue weighted by Gasteiger charge is 2.58. The number of hydrogen-bond acceptors (Lipinski definition) is 2. The second kappa shape index (κ2) is 4.21. The van der Waals surface area contributed by atoms with E-state index in [0.717, 1.165) is 32.1 Å². The third-order valence-electron chi connectivity index (χ3n) is 5.33. The Labute approximate surface area is 117 Å². The molecule has 4 heteroatoms. The Morgan fingerprint density at radius 1 is 0.889 bits per heavy atom. The fourth-order valence-electron chi connectivity index (χ4n) is 5.65. The SMILES string of the molecule is O=C(Cl)CC12CC3CC(C1)CC(CC(=O)Cl)(C3)C2. The first-order valence-corrected chi connectivity index (χ1v) is 7.53. The molecular weight excluding hydrogens is 271 g/mol. The number of carbonyl (C=O) groups excluding carboxylic acids is 2. The van der Waals surface area contributed by atoms with Crippen LogP contribution in [0, 0.1) is 22.7 Å². The van der Waals surface area contributed by atoms with E-state index in [-0.39, 0.29) is 21.3 Å². The van der Waals surface area contributed by atoms with E-state index in [9.17, 15) is 9.59 Å². The molecule has 0 aromatic carbocycles. The van der Waals surface area contributed by atoms with Gasteiger partial charge in [0, 0.05) is 12.8 Å². The molecule has 100 valence electrons. The third kappa shape index (κ3) is 2.22. The van der Waals surface area contributed by atoms with E-state index in [0.29, 0.717) is 24.7 Å². The second-order valence-corrected chi connectivity index (χ2v) is 7.87.